The summed E-state index contributed by atoms with van der Waals surface area (Å²) in [5.41, 5.74) is 1.97. The van der Waals surface area contributed by atoms with Crippen LogP contribution >= 0.6 is 0 Å². The maximum atomic E-state index is 5.85. The van der Waals surface area contributed by atoms with Crippen LogP contribution in [0.3, 0.4) is 0 Å². The van der Waals surface area contributed by atoms with Gasteiger partial charge < -0.3 is 10.1 Å². The van der Waals surface area contributed by atoms with Gasteiger partial charge in [0.2, 0.25) is 0 Å². The highest BCUT2D eigenvalue weighted by atomic mass is 16.5. The topological polar surface area (TPSA) is 47.0 Å². The molecule has 0 spiro atoms. The van der Waals surface area contributed by atoms with Crippen LogP contribution < -0.4 is 5.32 Å². The molecular weight excluding hydrogens is 226 g/mol. The number of aromatic nitrogens is 2. The molecule has 4 nitrogen and oxygen atoms in total. The van der Waals surface area contributed by atoms with E-state index in [4.69, 9.17) is 4.74 Å². The van der Waals surface area contributed by atoms with E-state index in [2.05, 4.69) is 15.3 Å². The number of hydrogen-bond acceptors (Lipinski definition) is 4. The Labute approximate surface area is 109 Å². The normalized spacial score (nSPS) is 16.8. The fourth-order valence-corrected chi connectivity index (χ4v) is 2.26. The lowest BCUT2D eigenvalue weighted by Crippen LogP contribution is -2.20. The highest BCUT2D eigenvalue weighted by molar-refractivity contribution is 5.33. The molecule has 0 bridgehead atoms. The summed E-state index contributed by atoms with van der Waals surface area (Å²) in [4.78, 5) is 8.71. The van der Waals surface area contributed by atoms with E-state index >= 15 is 0 Å². The van der Waals surface area contributed by atoms with Gasteiger partial charge in [0.25, 0.3) is 0 Å². The van der Waals surface area contributed by atoms with Crippen molar-refractivity contribution in [3.8, 4) is 0 Å². The summed E-state index contributed by atoms with van der Waals surface area (Å²) in [7, 11) is 0. The van der Waals surface area contributed by atoms with Gasteiger partial charge in [0.15, 0.2) is 0 Å². The quantitative estimate of drug-likeness (QED) is 0.815. The molecule has 100 valence electrons. The molecular formula is C14H23N3O. The van der Waals surface area contributed by atoms with Crippen molar-refractivity contribution >= 4 is 5.82 Å². The van der Waals surface area contributed by atoms with E-state index in [1.165, 1.54) is 32.1 Å². The van der Waals surface area contributed by atoms with Gasteiger partial charge in [0.05, 0.1) is 30.3 Å². The first kappa shape index (κ1) is 13.3. The van der Waals surface area contributed by atoms with Crippen LogP contribution in [0.2, 0.25) is 0 Å². The van der Waals surface area contributed by atoms with Crippen LogP contribution in [0.4, 0.5) is 5.82 Å². The Kier molecular flexibility index (Phi) is 4.93. The predicted molar refractivity (Wildman–Crippen MR) is 72.8 cm³/mol. The molecule has 1 aromatic rings. The molecule has 1 heterocycles. The van der Waals surface area contributed by atoms with E-state index in [1.54, 1.807) is 6.20 Å². The van der Waals surface area contributed by atoms with E-state index in [0.29, 0.717) is 6.10 Å². The number of rotatable bonds is 5. The van der Waals surface area contributed by atoms with Crippen LogP contribution in [0.1, 0.15) is 43.5 Å². The van der Waals surface area contributed by atoms with E-state index in [-0.39, 0.29) is 0 Å². The average molecular weight is 249 g/mol. The Morgan fingerprint density at radius 3 is 2.72 bits per heavy atom. The van der Waals surface area contributed by atoms with Gasteiger partial charge in [-0.05, 0) is 26.7 Å². The molecule has 0 atom stereocenters. The minimum Gasteiger partial charge on any atom is -0.376 e. The minimum absolute atomic E-state index is 0.478. The fraction of sp³-hybridized carbons (Fsp3) is 0.714. The standard InChI is InChI=1S/C14H23N3O/c1-11-12(2)17-14(10-16-11)15-8-9-18-13-6-4-3-5-7-13/h10,13H,3-9H2,1-2H3,(H,15,17). The molecule has 0 aliphatic heterocycles. The third kappa shape index (κ3) is 3.95. The molecule has 1 aliphatic rings. The fourth-order valence-electron chi connectivity index (χ4n) is 2.26. The number of nitrogens with one attached hydrogen (secondary N) is 1. The molecule has 0 radical (unpaired) electrons. The first-order valence-electron chi connectivity index (χ1n) is 6.91. The zero-order valence-electron chi connectivity index (χ0n) is 11.4. The molecule has 1 saturated carbocycles. The molecule has 1 fully saturated rings. The van der Waals surface area contributed by atoms with E-state index in [1.807, 2.05) is 13.8 Å². The molecule has 0 saturated heterocycles. The molecule has 4 heteroatoms. The van der Waals surface area contributed by atoms with Gasteiger partial charge in [0.1, 0.15) is 5.82 Å². The molecule has 1 aromatic heterocycles. The Hall–Kier alpha value is -1.16. The Balaban J connectivity index is 1.66. The van der Waals surface area contributed by atoms with Gasteiger partial charge in [-0.25, -0.2) is 4.98 Å². The zero-order chi connectivity index (χ0) is 12.8. The highest BCUT2D eigenvalue weighted by Crippen LogP contribution is 2.19. The van der Waals surface area contributed by atoms with E-state index in [0.717, 1.165) is 30.4 Å². The van der Waals surface area contributed by atoms with Crippen molar-refractivity contribution in [1.82, 2.24) is 9.97 Å². The van der Waals surface area contributed by atoms with Crippen LogP contribution in [-0.4, -0.2) is 29.2 Å². The number of hydrogen-bond donors (Lipinski definition) is 1. The van der Waals surface area contributed by atoms with Crippen molar-refractivity contribution in [2.45, 2.75) is 52.1 Å². The van der Waals surface area contributed by atoms with Gasteiger partial charge in [-0.15, -0.1) is 0 Å². The molecule has 0 amide bonds. The maximum absolute atomic E-state index is 5.85. The van der Waals surface area contributed by atoms with Gasteiger partial charge in [-0.1, -0.05) is 19.3 Å². The van der Waals surface area contributed by atoms with Gasteiger partial charge >= 0.3 is 0 Å². The second kappa shape index (κ2) is 6.69. The van der Waals surface area contributed by atoms with Crippen LogP contribution in [0.5, 0.6) is 0 Å². The lowest BCUT2D eigenvalue weighted by molar-refractivity contribution is 0.0347. The van der Waals surface area contributed by atoms with E-state index < -0.39 is 0 Å². The SMILES string of the molecule is Cc1ncc(NCCOC2CCCCC2)nc1C. The number of ether oxygens (including phenoxy) is 1. The summed E-state index contributed by atoms with van der Waals surface area (Å²) < 4.78 is 5.85. The van der Waals surface area contributed by atoms with Crippen molar-refractivity contribution in [1.29, 1.82) is 0 Å². The van der Waals surface area contributed by atoms with Crippen LogP contribution in [0.25, 0.3) is 0 Å². The molecule has 1 N–H and O–H groups in total. The lowest BCUT2D eigenvalue weighted by atomic mass is 9.98. The largest absolute Gasteiger partial charge is 0.376 e. The minimum atomic E-state index is 0.478. The summed E-state index contributed by atoms with van der Waals surface area (Å²) >= 11 is 0. The van der Waals surface area contributed by atoms with Gasteiger partial charge in [-0.3, -0.25) is 4.98 Å². The summed E-state index contributed by atoms with van der Waals surface area (Å²) in [6, 6.07) is 0. The summed E-state index contributed by atoms with van der Waals surface area (Å²) in [6.45, 7) is 5.50. The Morgan fingerprint density at radius 2 is 2.00 bits per heavy atom. The monoisotopic (exact) mass is 249 g/mol. The second-order valence-electron chi connectivity index (χ2n) is 4.98. The number of nitrogens with zero attached hydrogens (tertiary/aromatic N) is 2. The predicted octanol–water partition coefficient (Wildman–Crippen LogP) is 2.85. The summed E-state index contributed by atoms with van der Waals surface area (Å²) in [5.74, 6) is 0.838. The third-order valence-corrected chi connectivity index (χ3v) is 3.51. The van der Waals surface area contributed by atoms with Crippen molar-refractivity contribution in [3.05, 3.63) is 17.6 Å². The Morgan fingerprint density at radius 1 is 1.22 bits per heavy atom. The molecule has 1 aliphatic carbocycles. The highest BCUT2D eigenvalue weighted by Gasteiger charge is 2.12. The van der Waals surface area contributed by atoms with Crippen molar-refractivity contribution < 1.29 is 4.74 Å². The average Bonchev–Trinajstić information content (AvgIpc) is 2.40. The lowest BCUT2D eigenvalue weighted by Gasteiger charge is -2.22. The number of anilines is 1. The molecule has 0 unspecified atom stereocenters. The van der Waals surface area contributed by atoms with E-state index in [9.17, 15) is 0 Å². The first-order chi connectivity index (χ1) is 8.75. The zero-order valence-corrected chi connectivity index (χ0v) is 11.4. The molecule has 18 heavy (non-hydrogen) atoms. The van der Waals surface area contributed by atoms with Crippen molar-refractivity contribution in [2.24, 2.45) is 0 Å². The first-order valence-corrected chi connectivity index (χ1v) is 6.91. The van der Waals surface area contributed by atoms with Crippen LogP contribution in [-0.2, 0) is 4.74 Å². The smallest absolute Gasteiger partial charge is 0.144 e. The van der Waals surface area contributed by atoms with Gasteiger partial charge in [0, 0.05) is 6.54 Å². The second-order valence-corrected chi connectivity index (χ2v) is 4.98. The summed E-state index contributed by atoms with van der Waals surface area (Å²) in [6.07, 6.45) is 8.72. The number of aryl methyl sites for hydroxylation is 2. The van der Waals surface area contributed by atoms with Crippen LogP contribution in [0, 0.1) is 13.8 Å². The maximum Gasteiger partial charge on any atom is 0.144 e. The van der Waals surface area contributed by atoms with Crippen molar-refractivity contribution in [2.75, 3.05) is 18.5 Å². The van der Waals surface area contributed by atoms with Crippen LogP contribution in [0.15, 0.2) is 6.20 Å². The third-order valence-electron chi connectivity index (χ3n) is 3.51. The summed E-state index contributed by atoms with van der Waals surface area (Å²) in [5, 5.41) is 3.25. The Bertz CT molecular complexity index is 375. The molecule has 0 aromatic carbocycles. The van der Waals surface area contributed by atoms with Crippen molar-refractivity contribution in [3.63, 3.8) is 0 Å². The molecule has 2 rings (SSSR count). The van der Waals surface area contributed by atoms with Gasteiger partial charge in [-0.2, -0.15) is 0 Å².